The molecule has 0 aliphatic heterocycles. The molecule has 1 N–H and O–H groups in total. The maximum Gasteiger partial charge on any atom is 0.416 e. The van der Waals surface area contributed by atoms with Crippen LogP contribution in [0.3, 0.4) is 0 Å². The monoisotopic (exact) mass is 617 g/mol. The largest absolute Gasteiger partial charge is 0.490 e. The molecule has 3 rings (SSSR count). The molecule has 14 heteroatoms. The third kappa shape index (κ3) is 8.77. The van der Waals surface area contributed by atoms with Crippen molar-refractivity contribution in [3.05, 3.63) is 87.4 Å². The fraction of sp³-hybridized carbons (Fsp3) is 0.231. The molecule has 0 bridgehead atoms. The lowest BCUT2D eigenvalue weighted by atomic mass is 10.2. The number of hydrazone groups is 1. The van der Waals surface area contributed by atoms with Gasteiger partial charge in [0.2, 0.25) is 10.0 Å². The summed E-state index contributed by atoms with van der Waals surface area (Å²) in [6.45, 7) is 1.56. The fourth-order valence-electron chi connectivity index (χ4n) is 3.34. The SMILES string of the molecule is CCOc1cc(/C=N\NC(=O)CN(c2cc(C(F)(F)F)ccc2Cl)S(C)(=O)=O)ccc1OCc1ccc(Cl)cc1. The van der Waals surface area contributed by atoms with Gasteiger partial charge in [0.05, 0.1) is 35.4 Å². The molecular weight excluding hydrogens is 594 g/mol. The molecule has 0 saturated carbocycles. The lowest BCUT2D eigenvalue weighted by Gasteiger charge is -2.23. The minimum atomic E-state index is -4.74. The summed E-state index contributed by atoms with van der Waals surface area (Å²) in [6, 6.07) is 14.3. The van der Waals surface area contributed by atoms with E-state index in [1.165, 1.54) is 6.21 Å². The van der Waals surface area contributed by atoms with Crippen LogP contribution in [0.1, 0.15) is 23.6 Å². The van der Waals surface area contributed by atoms with Crippen LogP contribution in [-0.4, -0.2) is 39.9 Å². The number of hydrogen-bond donors (Lipinski definition) is 1. The van der Waals surface area contributed by atoms with Crippen LogP contribution < -0.4 is 19.2 Å². The Bertz CT molecular complexity index is 1480. The molecule has 40 heavy (non-hydrogen) atoms. The van der Waals surface area contributed by atoms with Gasteiger partial charge < -0.3 is 9.47 Å². The summed E-state index contributed by atoms with van der Waals surface area (Å²) in [4.78, 5) is 12.5. The molecule has 0 aromatic heterocycles. The van der Waals surface area contributed by atoms with Gasteiger partial charge in [0, 0.05) is 5.02 Å². The van der Waals surface area contributed by atoms with Crippen LogP contribution in [0.25, 0.3) is 0 Å². The zero-order valence-electron chi connectivity index (χ0n) is 21.2. The van der Waals surface area contributed by atoms with Crippen LogP contribution in [0.4, 0.5) is 18.9 Å². The lowest BCUT2D eigenvalue weighted by molar-refractivity contribution is -0.137. The van der Waals surface area contributed by atoms with E-state index in [0.717, 1.165) is 17.9 Å². The van der Waals surface area contributed by atoms with Crippen molar-refractivity contribution < 1.29 is 35.9 Å². The van der Waals surface area contributed by atoms with Gasteiger partial charge in [0.1, 0.15) is 13.2 Å². The molecule has 0 aliphatic carbocycles. The van der Waals surface area contributed by atoms with E-state index >= 15 is 0 Å². The van der Waals surface area contributed by atoms with Gasteiger partial charge >= 0.3 is 6.18 Å². The van der Waals surface area contributed by atoms with Crippen molar-refractivity contribution in [3.63, 3.8) is 0 Å². The van der Waals surface area contributed by atoms with Crippen LogP contribution in [0, 0.1) is 0 Å². The molecule has 214 valence electrons. The number of nitrogens with zero attached hydrogens (tertiary/aromatic N) is 2. The fourth-order valence-corrected chi connectivity index (χ4v) is 4.60. The Morgan fingerprint density at radius 1 is 1.02 bits per heavy atom. The summed E-state index contributed by atoms with van der Waals surface area (Å²) in [5, 5.41) is 4.14. The Morgan fingerprint density at radius 2 is 1.73 bits per heavy atom. The van der Waals surface area contributed by atoms with E-state index in [4.69, 9.17) is 32.7 Å². The number of rotatable bonds is 11. The van der Waals surface area contributed by atoms with E-state index < -0.39 is 39.9 Å². The number of sulfonamides is 1. The first-order chi connectivity index (χ1) is 18.8. The van der Waals surface area contributed by atoms with E-state index in [9.17, 15) is 26.4 Å². The molecule has 3 aromatic carbocycles. The summed E-state index contributed by atoms with van der Waals surface area (Å²) >= 11 is 11.9. The summed E-state index contributed by atoms with van der Waals surface area (Å²) in [5.41, 5.74) is 1.96. The number of benzene rings is 3. The zero-order valence-corrected chi connectivity index (χ0v) is 23.5. The predicted molar refractivity (Wildman–Crippen MR) is 148 cm³/mol. The van der Waals surface area contributed by atoms with E-state index in [1.54, 1.807) is 37.3 Å². The van der Waals surface area contributed by atoms with Crippen LogP contribution >= 0.6 is 23.2 Å². The number of carbonyl (C=O) groups is 1. The topological polar surface area (TPSA) is 97.3 Å². The van der Waals surface area contributed by atoms with E-state index in [1.807, 2.05) is 12.1 Å². The molecule has 0 aliphatic rings. The average Bonchev–Trinajstić information content (AvgIpc) is 2.87. The number of alkyl halides is 3. The van der Waals surface area contributed by atoms with Gasteiger partial charge in [-0.2, -0.15) is 18.3 Å². The van der Waals surface area contributed by atoms with Crippen molar-refractivity contribution in [2.24, 2.45) is 5.10 Å². The predicted octanol–water partition coefficient (Wildman–Crippen LogP) is 5.91. The molecule has 0 spiro atoms. The number of hydrogen-bond acceptors (Lipinski definition) is 6. The lowest BCUT2D eigenvalue weighted by Crippen LogP contribution is -2.39. The molecule has 0 saturated heterocycles. The Kier molecular flexibility index (Phi) is 10.3. The summed E-state index contributed by atoms with van der Waals surface area (Å²) in [5.74, 6) is -0.0166. The van der Waals surface area contributed by atoms with Crippen LogP contribution in [-0.2, 0) is 27.6 Å². The molecule has 1 amide bonds. The summed E-state index contributed by atoms with van der Waals surface area (Å²) in [7, 11) is -4.19. The quantitative estimate of drug-likeness (QED) is 0.213. The molecule has 8 nitrogen and oxygen atoms in total. The molecule has 0 unspecified atom stereocenters. The maximum absolute atomic E-state index is 13.2. The molecule has 0 fully saturated rings. The molecule has 0 atom stereocenters. The number of amides is 1. The first kappa shape index (κ1) is 31.1. The van der Waals surface area contributed by atoms with Gasteiger partial charge in [0.25, 0.3) is 5.91 Å². The zero-order chi connectivity index (χ0) is 29.5. The third-order valence-electron chi connectivity index (χ3n) is 5.21. The first-order valence-electron chi connectivity index (χ1n) is 11.6. The van der Waals surface area contributed by atoms with Crippen molar-refractivity contribution in [1.82, 2.24) is 5.43 Å². The molecule has 0 heterocycles. The minimum absolute atomic E-state index is 0.271. The second-order valence-corrected chi connectivity index (χ2v) is 11.0. The number of halogens is 5. The highest BCUT2D eigenvalue weighted by Gasteiger charge is 2.33. The third-order valence-corrected chi connectivity index (χ3v) is 6.91. The number of nitrogens with one attached hydrogen (secondary N) is 1. The van der Waals surface area contributed by atoms with Gasteiger partial charge in [-0.25, -0.2) is 13.8 Å². The highest BCUT2D eigenvalue weighted by Crippen LogP contribution is 2.36. The Morgan fingerprint density at radius 3 is 2.35 bits per heavy atom. The Hall–Kier alpha value is -3.48. The Labute approximate surface area is 239 Å². The van der Waals surface area contributed by atoms with E-state index in [-0.39, 0.29) is 11.6 Å². The van der Waals surface area contributed by atoms with Crippen molar-refractivity contribution >= 4 is 51.0 Å². The van der Waals surface area contributed by atoms with Crippen molar-refractivity contribution in [2.75, 3.05) is 23.7 Å². The highest BCUT2D eigenvalue weighted by molar-refractivity contribution is 7.92. The second kappa shape index (κ2) is 13.2. The van der Waals surface area contributed by atoms with Gasteiger partial charge in [-0.15, -0.1) is 0 Å². The van der Waals surface area contributed by atoms with Gasteiger partial charge in [-0.05, 0) is 66.6 Å². The minimum Gasteiger partial charge on any atom is -0.490 e. The standard InChI is InChI=1S/C26H24Cl2F3N3O5S/c1-3-38-24-12-18(6-11-23(24)39-16-17-4-8-20(27)9-5-17)14-32-33-25(35)15-34(40(2,36)37)22-13-19(26(29,30)31)7-10-21(22)28/h4-14H,3,15-16H2,1-2H3,(H,33,35)/b32-14-. The van der Waals surface area contributed by atoms with E-state index in [2.05, 4.69) is 10.5 Å². The van der Waals surface area contributed by atoms with Crippen LogP contribution in [0.5, 0.6) is 11.5 Å². The molecule has 0 radical (unpaired) electrons. The Balaban J connectivity index is 1.71. The van der Waals surface area contributed by atoms with Crippen LogP contribution in [0.15, 0.2) is 65.8 Å². The molecular formula is C26H24Cl2F3N3O5S. The highest BCUT2D eigenvalue weighted by atomic mass is 35.5. The van der Waals surface area contributed by atoms with Crippen molar-refractivity contribution in [1.29, 1.82) is 0 Å². The van der Waals surface area contributed by atoms with Gasteiger partial charge in [0.15, 0.2) is 11.5 Å². The smallest absolute Gasteiger partial charge is 0.416 e. The summed E-state index contributed by atoms with van der Waals surface area (Å²) < 4.78 is 76.0. The van der Waals surface area contributed by atoms with Gasteiger partial charge in [-0.3, -0.25) is 9.10 Å². The van der Waals surface area contributed by atoms with Crippen LogP contribution in [0.2, 0.25) is 10.0 Å². The number of carbonyl (C=O) groups excluding carboxylic acids is 1. The van der Waals surface area contributed by atoms with Crippen molar-refractivity contribution in [3.8, 4) is 11.5 Å². The molecule has 3 aromatic rings. The number of ether oxygens (including phenoxy) is 2. The summed E-state index contributed by atoms with van der Waals surface area (Å²) in [6.07, 6.45) is -2.72. The number of anilines is 1. The maximum atomic E-state index is 13.2. The average molecular weight is 618 g/mol. The van der Waals surface area contributed by atoms with Gasteiger partial charge in [-0.1, -0.05) is 35.3 Å². The van der Waals surface area contributed by atoms with E-state index in [0.29, 0.717) is 45.1 Å². The van der Waals surface area contributed by atoms with Crippen molar-refractivity contribution in [2.45, 2.75) is 19.7 Å². The second-order valence-electron chi connectivity index (χ2n) is 8.28. The normalized spacial score (nSPS) is 11.9. The first-order valence-corrected chi connectivity index (χ1v) is 14.2.